The van der Waals surface area contributed by atoms with Gasteiger partial charge in [0.15, 0.2) is 5.76 Å². The molecule has 0 aliphatic rings. The minimum absolute atomic E-state index is 0.176. The molecule has 2 aromatic heterocycles. The summed E-state index contributed by atoms with van der Waals surface area (Å²) >= 11 is 1.72. The quantitative estimate of drug-likeness (QED) is 0.887. The van der Waals surface area contributed by atoms with Crippen molar-refractivity contribution in [3.63, 3.8) is 0 Å². The van der Waals surface area contributed by atoms with Crippen molar-refractivity contribution in [3.05, 3.63) is 38.7 Å². The maximum atomic E-state index is 11.5. The third-order valence-electron chi connectivity index (χ3n) is 4.15. The van der Waals surface area contributed by atoms with Crippen LogP contribution in [0.15, 0.2) is 10.5 Å². The molecule has 24 heavy (non-hydrogen) atoms. The molecule has 132 valence electrons. The SMILES string of the molecule is Cc1nc([C@@H](C)N(C)Cc2cc(C(N)=O)oc2C(C)(C)C)c(C)s1. The van der Waals surface area contributed by atoms with Crippen molar-refractivity contribution in [3.8, 4) is 0 Å². The molecule has 0 radical (unpaired) electrons. The van der Waals surface area contributed by atoms with Crippen LogP contribution in [-0.2, 0) is 12.0 Å². The van der Waals surface area contributed by atoms with Gasteiger partial charge in [0, 0.05) is 22.4 Å². The highest BCUT2D eigenvalue weighted by molar-refractivity contribution is 7.11. The average Bonchev–Trinajstić information content (AvgIpc) is 3.01. The Bertz CT molecular complexity index is 740. The minimum atomic E-state index is -0.534. The number of carbonyl (C=O) groups excluding carboxylic acids is 1. The zero-order valence-corrected chi connectivity index (χ0v) is 16.4. The summed E-state index contributed by atoms with van der Waals surface area (Å²) in [6.07, 6.45) is 0. The van der Waals surface area contributed by atoms with E-state index in [2.05, 4.69) is 51.6 Å². The summed E-state index contributed by atoms with van der Waals surface area (Å²) < 4.78 is 5.74. The van der Waals surface area contributed by atoms with Crippen LogP contribution in [0.4, 0.5) is 0 Å². The molecular formula is C18H27N3O2S. The first-order valence-corrected chi connectivity index (χ1v) is 8.89. The van der Waals surface area contributed by atoms with E-state index in [1.54, 1.807) is 17.4 Å². The van der Waals surface area contributed by atoms with Gasteiger partial charge in [-0.1, -0.05) is 20.8 Å². The summed E-state index contributed by atoms with van der Waals surface area (Å²) in [4.78, 5) is 19.6. The first-order chi connectivity index (χ1) is 11.0. The Hall–Kier alpha value is -1.66. The van der Waals surface area contributed by atoms with Gasteiger partial charge in [0.25, 0.3) is 5.91 Å². The summed E-state index contributed by atoms with van der Waals surface area (Å²) in [5, 5.41) is 1.08. The number of carbonyl (C=O) groups is 1. The van der Waals surface area contributed by atoms with Gasteiger partial charge < -0.3 is 10.2 Å². The van der Waals surface area contributed by atoms with Crippen molar-refractivity contribution in [2.75, 3.05) is 7.05 Å². The first-order valence-electron chi connectivity index (χ1n) is 8.08. The van der Waals surface area contributed by atoms with Crippen LogP contribution in [0.3, 0.4) is 0 Å². The maximum absolute atomic E-state index is 11.5. The standard InChI is InChI=1S/C18H27N3O2S/c1-10(15-11(2)24-12(3)20-15)21(7)9-13-8-14(17(19)22)23-16(13)18(4,5)6/h8,10H,9H2,1-7H3,(H2,19,22)/t10-/m1/s1. The van der Waals surface area contributed by atoms with E-state index in [1.165, 1.54) is 4.88 Å². The highest BCUT2D eigenvalue weighted by Crippen LogP contribution is 2.32. The third kappa shape index (κ3) is 3.87. The number of nitrogens with two attached hydrogens (primary N) is 1. The van der Waals surface area contributed by atoms with E-state index in [-0.39, 0.29) is 17.2 Å². The van der Waals surface area contributed by atoms with Gasteiger partial charge >= 0.3 is 0 Å². The number of amides is 1. The van der Waals surface area contributed by atoms with Crippen LogP contribution in [0.5, 0.6) is 0 Å². The van der Waals surface area contributed by atoms with Crippen molar-refractivity contribution >= 4 is 17.2 Å². The van der Waals surface area contributed by atoms with Crippen molar-refractivity contribution in [1.82, 2.24) is 9.88 Å². The molecule has 2 aromatic rings. The van der Waals surface area contributed by atoms with Crippen LogP contribution >= 0.6 is 11.3 Å². The molecule has 0 aliphatic carbocycles. The molecule has 6 heteroatoms. The fourth-order valence-electron chi connectivity index (χ4n) is 2.85. The highest BCUT2D eigenvalue weighted by atomic mass is 32.1. The first kappa shape index (κ1) is 18.7. The number of aryl methyl sites for hydroxylation is 2. The summed E-state index contributed by atoms with van der Waals surface area (Å²) in [6, 6.07) is 1.94. The van der Waals surface area contributed by atoms with E-state index in [0.29, 0.717) is 6.54 Å². The van der Waals surface area contributed by atoms with Crippen molar-refractivity contribution in [1.29, 1.82) is 0 Å². The lowest BCUT2D eigenvalue weighted by molar-refractivity contribution is 0.0970. The molecule has 1 amide bonds. The lowest BCUT2D eigenvalue weighted by Gasteiger charge is -2.25. The number of aromatic nitrogens is 1. The highest BCUT2D eigenvalue weighted by Gasteiger charge is 2.27. The number of nitrogens with zero attached hydrogens (tertiary/aromatic N) is 2. The van der Waals surface area contributed by atoms with Crippen molar-refractivity contribution in [2.24, 2.45) is 5.73 Å². The number of hydrogen-bond donors (Lipinski definition) is 1. The Kier molecular flexibility index (Phi) is 5.20. The fraction of sp³-hybridized carbons (Fsp3) is 0.556. The molecule has 0 saturated heterocycles. The topological polar surface area (TPSA) is 72.4 Å². The molecule has 5 nitrogen and oxygen atoms in total. The summed E-state index contributed by atoms with van der Waals surface area (Å²) in [7, 11) is 2.06. The molecule has 0 aromatic carbocycles. The predicted octanol–water partition coefficient (Wildman–Crippen LogP) is 3.94. The zero-order valence-electron chi connectivity index (χ0n) is 15.6. The van der Waals surface area contributed by atoms with E-state index in [9.17, 15) is 4.79 Å². The maximum Gasteiger partial charge on any atom is 0.284 e. The molecule has 0 spiro atoms. The third-order valence-corrected chi connectivity index (χ3v) is 5.05. The Balaban J connectivity index is 2.29. The molecule has 2 rings (SSSR count). The number of hydrogen-bond acceptors (Lipinski definition) is 5. The molecule has 0 saturated carbocycles. The minimum Gasteiger partial charge on any atom is -0.455 e. The van der Waals surface area contributed by atoms with Crippen LogP contribution in [-0.4, -0.2) is 22.8 Å². The van der Waals surface area contributed by atoms with Crippen LogP contribution in [0.2, 0.25) is 0 Å². The largest absolute Gasteiger partial charge is 0.455 e. The van der Waals surface area contributed by atoms with Crippen molar-refractivity contribution in [2.45, 2.75) is 59.5 Å². The molecule has 0 fully saturated rings. The Labute approximate surface area is 147 Å². The number of rotatable bonds is 5. The Morgan fingerprint density at radius 1 is 1.42 bits per heavy atom. The van der Waals surface area contributed by atoms with Gasteiger partial charge in [-0.2, -0.15) is 0 Å². The molecule has 1 atom stereocenters. The summed E-state index contributed by atoms with van der Waals surface area (Å²) in [5.74, 6) is 0.492. The van der Waals surface area contributed by atoms with Gasteiger partial charge in [-0.15, -0.1) is 11.3 Å². The molecule has 0 unspecified atom stereocenters. The van der Waals surface area contributed by atoms with Gasteiger partial charge in [-0.05, 0) is 33.9 Å². The smallest absolute Gasteiger partial charge is 0.284 e. The van der Waals surface area contributed by atoms with Gasteiger partial charge in [0.1, 0.15) is 5.76 Å². The second-order valence-corrected chi connectivity index (χ2v) is 8.75. The van der Waals surface area contributed by atoms with Crippen LogP contribution in [0.1, 0.15) is 71.2 Å². The Morgan fingerprint density at radius 2 is 2.04 bits per heavy atom. The lowest BCUT2D eigenvalue weighted by Crippen LogP contribution is -2.24. The van der Waals surface area contributed by atoms with Gasteiger partial charge in [-0.25, -0.2) is 4.98 Å². The number of thiazole rings is 1. The molecule has 0 aliphatic heterocycles. The number of furan rings is 1. The van der Waals surface area contributed by atoms with Crippen LogP contribution in [0, 0.1) is 13.8 Å². The van der Waals surface area contributed by atoms with E-state index < -0.39 is 5.91 Å². The van der Waals surface area contributed by atoms with Crippen molar-refractivity contribution < 1.29 is 9.21 Å². The molecule has 2 heterocycles. The predicted molar refractivity (Wildman–Crippen MR) is 97.4 cm³/mol. The second-order valence-electron chi connectivity index (χ2n) is 7.34. The summed E-state index contributed by atoms with van der Waals surface area (Å²) in [5.41, 5.74) is 7.30. The molecule has 0 bridgehead atoms. The monoisotopic (exact) mass is 349 g/mol. The van der Waals surface area contributed by atoms with Crippen LogP contribution < -0.4 is 5.73 Å². The molecule has 2 N–H and O–H groups in total. The summed E-state index contributed by atoms with van der Waals surface area (Å²) in [6.45, 7) is 13.1. The zero-order chi connectivity index (χ0) is 18.2. The lowest BCUT2D eigenvalue weighted by atomic mass is 9.90. The average molecular weight is 350 g/mol. The fourth-order valence-corrected chi connectivity index (χ4v) is 3.76. The van der Waals surface area contributed by atoms with Gasteiger partial charge in [-0.3, -0.25) is 9.69 Å². The van der Waals surface area contributed by atoms with Gasteiger partial charge in [0.05, 0.1) is 16.7 Å². The van der Waals surface area contributed by atoms with Gasteiger partial charge in [0.2, 0.25) is 0 Å². The number of primary amides is 1. The van der Waals surface area contributed by atoms with E-state index in [1.807, 2.05) is 6.92 Å². The second kappa shape index (κ2) is 6.69. The van der Waals surface area contributed by atoms with E-state index in [0.717, 1.165) is 22.0 Å². The van der Waals surface area contributed by atoms with E-state index >= 15 is 0 Å². The Morgan fingerprint density at radius 3 is 2.50 bits per heavy atom. The van der Waals surface area contributed by atoms with Crippen LogP contribution in [0.25, 0.3) is 0 Å². The van der Waals surface area contributed by atoms with E-state index in [4.69, 9.17) is 10.2 Å². The normalized spacial score (nSPS) is 13.5. The molecular weight excluding hydrogens is 322 g/mol.